The predicted octanol–water partition coefficient (Wildman–Crippen LogP) is 2.66. The maximum absolute atomic E-state index is 9.86. The topological polar surface area (TPSA) is 73.2 Å². The zero-order valence-corrected chi connectivity index (χ0v) is 15.4. The Bertz CT molecular complexity index is 494. The molecular formula is C20H34O4. The first-order chi connectivity index (χ1) is 11.3. The molecule has 0 aromatic heterocycles. The molecule has 0 aromatic carbocycles. The Kier molecular flexibility index (Phi) is 4.89. The van der Waals surface area contributed by atoms with Crippen molar-refractivity contribution in [3.8, 4) is 0 Å². The Morgan fingerprint density at radius 1 is 1.21 bits per heavy atom. The fourth-order valence-corrected chi connectivity index (χ4v) is 6.08. The Hall–Kier alpha value is -0.420. The van der Waals surface area contributed by atoms with Gasteiger partial charge >= 0.3 is 0 Å². The highest BCUT2D eigenvalue weighted by Gasteiger charge is 2.64. The maximum Gasteiger partial charge on any atom is 0.100 e. The summed E-state index contributed by atoms with van der Waals surface area (Å²) in [4.78, 5) is 0. The van der Waals surface area contributed by atoms with Gasteiger partial charge in [0.2, 0.25) is 0 Å². The van der Waals surface area contributed by atoms with Gasteiger partial charge in [-0.15, -0.1) is 0 Å². The second-order valence-electron chi connectivity index (χ2n) is 9.22. The molecule has 1 saturated heterocycles. The number of ether oxygens (including phenoxy) is 1. The molecule has 1 unspecified atom stereocenters. The van der Waals surface area contributed by atoms with Crippen LogP contribution in [0.5, 0.6) is 0 Å². The molecule has 3 aliphatic rings. The van der Waals surface area contributed by atoms with Crippen LogP contribution < -0.4 is 0 Å². The fourth-order valence-electron chi connectivity index (χ4n) is 6.08. The van der Waals surface area contributed by atoms with E-state index in [1.54, 1.807) is 0 Å². The first-order valence-electron chi connectivity index (χ1n) is 9.52. The summed E-state index contributed by atoms with van der Waals surface area (Å²) in [5.74, 6) is 1.13. The van der Waals surface area contributed by atoms with E-state index < -0.39 is 6.10 Å². The number of fused-ring (bicyclic) bond motifs is 1. The van der Waals surface area contributed by atoms with Crippen LogP contribution in [0.1, 0.15) is 59.3 Å². The van der Waals surface area contributed by atoms with Gasteiger partial charge in [-0.25, -0.2) is 0 Å². The lowest BCUT2D eigenvalue weighted by Crippen LogP contribution is -2.54. The number of epoxide rings is 1. The lowest BCUT2D eigenvalue weighted by atomic mass is 9.46. The van der Waals surface area contributed by atoms with Gasteiger partial charge < -0.3 is 20.1 Å². The van der Waals surface area contributed by atoms with Gasteiger partial charge in [0.1, 0.15) is 6.10 Å². The Balaban J connectivity index is 1.87. The smallest absolute Gasteiger partial charge is 0.100 e. The van der Waals surface area contributed by atoms with Crippen molar-refractivity contribution in [3.63, 3.8) is 0 Å². The summed E-state index contributed by atoms with van der Waals surface area (Å²) in [5.41, 5.74) is 1.17. The summed E-state index contributed by atoms with van der Waals surface area (Å²) in [5, 5.41) is 28.5. The maximum atomic E-state index is 9.86. The zero-order chi connectivity index (χ0) is 17.6. The predicted molar refractivity (Wildman–Crippen MR) is 93.5 cm³/mol. The van der Waals surface area contributed by atoms with Crippen LogP contribution in [-0.4, -0.2) is 46.8 Å². The van der Waals surface area contributed by atoms with Crippen LogP contribution in [-0.2, 0) is 4.74 Å². The van der Waals surface area contributed by atoms with Gasteiger partial charge in [0.05, 0.1) is 25.4 Å². The van der Waals surface area contributed by atoms with Crippen molar-refractivity contribution in [2.24, 2.45) is 22.7 Å². The molecule has 5 atom stereocenters. The number of allylic oxidation sites excluding steroid dienone is 1. The second kappa shape index (κ2) is 6.39. The zero-order valence-electron chi connectivity index (χ0n) is 15.4. The Morgan fingerprint density at radius 2 is 1.92 bits per heavy atom. The SMILES string of the molecule is CC1(C)CCC[C@@]2(C)[C@H]1CC[C@@]1(CO1)[C@@H]2C/C=C(\CO)C(O)CO. The lowest BCUT2D eigenvalue weighted by molar-refractivity contribution is -0.104. The largest absolute Gasteiger partial charge is 0.393 e. The molecule has 4 nitrogen and oxygen atoms in total. The van der Waals surface area contributed by atoms with Gasteiger partial charge in [-0.1, -0.05) is 33.3 Å². The third kappa shape index (κ3) is 2.96. The first kappa shape index (κ1) is 18.4. The van der Waals surface area contributed by atoms with Crippen LogP contribution in [0.4, 0.5) is 0 Å². The van der Waals surface area contributed by atoms with E-state index in [9.17, 15) is 10.2 Å². The molecule has 3 rings (SSSR count). The minimum Gasteiger partial charge on any atom is -0.393 e. The average Bonchev–Trinajstić information content (AvgIpc) is 3.29. The van der Waals surface area contributed by atoms with Crippen LogP contribution in [0.3, 0.4) is 0 Å². The highest BCUT2D eigenvalue weighted by atomic mass is 16.6. The summed E-state index contributed by atoms with van der Waals surface area (Å²) in [6.07, 6.45) is 8.00. The van der Waals surface area contributed by atoms with Gasteiger partial charge in [0.15, 0.2) is 0 Å². The molecule has 24 heavy (non-hydrogen) atoms. The molecule has 3 fully saturated rings. The number of aliphatic hydroxyl groups is 3. The average molecular weight is 338 g/mol. The normalized spacial score (nSPS) is 42.7. The summed E-state index contributed by atoms with van der Waals surface area (Å²) in [6, 6.07) is 0. The number of hydrogen-bond donors (Lipinski definition) is 3. The third-order valence-electron chi connectivity index (χ3n) is 7.48. The molecule has 138 valence electrons. The van der Waals surface area contributed by atoms with Gasteiger partial charge in [-0.2, -0.15) is 0 Å². The molecule has 2 saturated carbocycles. The molecule has 0 bridgehead atoms. The molecular weight excluding hydrogens is 304 g/mol. The van der Waals surface area contributed by atoms with Crippen molar-refractivity contribution in [1.29, 1.82) is 0 Å². The monoisotopic (exact) mass is 338 g/mol. The van der Waals surface area contributed by atoms with E-state index in [-0.39, 0.29) is 24.2 Å². The molecule has 1 aliphatic heterocycles. The quantitative estimate of drug-likeness (QED) is 0.532. The van der Waals surface area contributed by atoms with Crippen LogP contribution in [0.2, 0.25) is 0 Å². The number of hydrogen-bond acceptors (Lipinski definition) is 4. The highest BCUT2D eigenvalue weighted by molar-refractivity contribution is 5.17. The van der Waals surface area contributed by atoms with Gasteiger partial charge in [0.25, 0.3) is 0 Å². The number of rotatable bonds is 5. The lowest BCUT2D eigenvalue weighted by Gasteiger charge is -2.59. The van der Waals surface area contributed by atoms with Crippen LogP contribution >= 0.6 is 0 Å². The van der Waals surface area contributed by atoms with Crippen molar-refractivity contribution in [1.82, 2.24) is 0 Å². The molecule has 0 aromatic rings. The van der Waals surface area contributed by atoms with Crippen LogP contribution in [0.15, 0.2) is 11.6 Å². The van der Waals surface area contributed by atoms with Gasteiger partial charge in [-0.3, -0.25) is 0 Å². The molecule has 0 radical (unpaired) electrons. The van der Waals surface area contributed by atoms with Crippen molar-refractivity contribution >= 4 is 0 Å². The summed E-state index contributed by atoms with van der Waals surface area (Å²) in [6.45, 7) is 7.59. The standard InChI is InChI=1S/C20H34O4/c1-18(2)8-4-9-19(3)16(18)7-10-20(13-24-20)17(19)6-5-14(11-21)15(23)12-22/h5,15-17,21-23H,4,6-13H2,1-3H3/b14-5+/t15?,16-,17+,19-,20+/m0/s1. The van der Waals surface area contributed by atoms with Crippen molar-refractivity contribution in [2.45, 2.75) is 71.0 Å². The van der Waals surface area contributed by atoms with Gasteiger partial charge in [-0.05, 0) is 60.3 Å². The first-order valence-corrected chi connectivity index (χ1v) is 9.52. The Morgan fingerprint density at radius 3 is 2.50 bits per heavy atom. The summed E-state index contributed by atoms with van der Waals surface area (Å²) >= 11 is 0. The third-order valence-corrected chi connectivity index (χ3v) is 7.48. The van der Waals surface area contributed by atoms with Crippen molar-refractivity contribution < 1.29 is 20.1 Å². The molecule has 3 N–H and O–H groups in total. The number of aliphatic hydroxyl groups excluding tert-OH is 3. The summed E-state index contributed by atoms with van der Waals surface area (Å²) in [7, 11) is 0. The van der Waals surface area contributed by atoms with Crippen molar-refractivity contribution in [2.75, 3.05) is 19.8 Å². The second-order valence-corrected chi connectivity index (χ2v) is 9.22. The van der Waals surface area contributed by atoms with Crippen molar-refractivity contribution in [3.05, 3.63) is 11.6 Å². The van der Waals surface area contributed by atoms with E-state index in [4.69, 9.17) is 9.84 Å². The van der Waals surface area contributed by atoms with E-state index in [1.165, 1.54) is 25.7 Å². The molecule has 1 spiro atoms. The minimum atomic E-state index is -0.957. The van der Waals surface area contributed by atoms with E-state index in [0.717, 1.165) is 19.4 Å². The van der Waals surface area contributed by atoms with Crippen LogP contribution in [0, 0.1) is 22.7 Å². The molecule has 2 aliphatic carbocycles. The molecule has 0 amide bonds. The van der Waals surface area contributed by atoms with Crippen LogP contribution in [0.25, 0.3) is 0 Å². The van der Waals surface area contributed by atoms with E-state index in [2.05, 4.69) is 20.8 Å². The minimum absolute atomic E-state index is 0.0138. The van der Waals surface area contributed by atoms with E-state index in [1.807, 2.05) is 6.08 Å². The molecule has 4 heteroatoms. The Labute approximate surface area is 145 Å². The fraction of sp³-hybridized carbons (Fsp3) is 0.900. The van der Waals surface area contributed by atoms with E-state index >= 15 is 0 Å². The van der Waals surface area contributed by atoms with Gasteiger partial charge in [0, 0.05) is 0 Å². The molecule has 1 heterocycles. The highest BCUT2D eigenvalue weighted by Crippen LogP contribution is 2.66. The summed E-state index contributed by atoms with van der Waals surface area (Å²) < 4.78 is 5.98. The van der Waals surface area contributed by atoms with E-state index in [0.29, 0.717) is 22.8 Å².